The van der Waals surface area contributed by atoms with Gasteiger partial charge in [0.15, 0.2) is 0 Å². The van der Waals surface area contributed by atoms with Crippen molar-refractivity contribution in [2.75, 3.05) is 35.9 Å². The Morgan fingerprint density at radius 3 is 2.50 bits per heavy atom. The lowest BCUT2D eigenvalue weighted by atomic mass is 10.0. The number of furan rings is 1. The van der Waals surface area contributed by atoms with Crippen molar-refractivity contribution in [3.8, 4) is 0 Å². The van der Waals surface area contributed by atoms with Gasteiger partial charge in [-0.15, -0.1) is 0 Å². The molecular formula is C19H23N3O5S. The highest BCUT2D eigenvalue weighted by atomic mass is 32.2. The molecule has 2 aliphatic heterocycles. The quantitative estimate of drug-likeness (QED) is 0.726. The highest BCUT2D eigenvalue weighted by Gasteiger charge is 2.42. The minimum absolute atomic E-state index is 0.0745. The number of methoxy groups -OCH3 is 1. The number of esters is 1. The number of ether oxygens (including phenoxy) is 1. The Kier molecular flexibility index (Phi) is 4.80. The molecular weight excluding hydrogens is 382 g/mol. The Bertz CT molecular complexity index is 979. The van der Waals surface area contributed by atoms with Crippen LogP contribution in [0, 0.1) is 0 Å². The molecule has 0 aliphatic carbocycles. The van der Waals surface area contributed by atoms with Crippen molar-refractivity contribution in [1.29, 1.82) is 0 Å². The van der Waals surface area contributed by atoms with E-state index in [1.165, 1.54) is 11.4 Å². The van der Waals surface area contributed by atoms with Crippen LogP contribution in [0.4, 0.5) is 11.4 Å². The molecule has 3 heterocycles. The Labute approximate surface area is 164 Å². The van der Waals surface area contributed by atoms with Gasteiger partial charge in [0.1, 0.15) is 5.76 Å². The van der Waals surface area contributed by atoms with Gasteiger partial charge in [0.2, 0.25) is 5.76 Å². The summed E-state index contributed by atoms with van der Waals surface area (Å²) in [6.07, 6.45) is 1.46. The molecule has 1 aromatic heterocycles. The molecule has 0 atom stereocenters. The van der Waals surface area contributed by atoms with E-state index in [1.807, 2.05) is 24.3 Å². The number of carbonyl (C=O) groups excluding carboxylic acids is 1. The summed E-state index contributed by atoms with van der Waals surface area (Å²) < 4.78 is 38.9. The maximum absolute atomic E-state index is 12.9. The first kappa shape index (κ1) is 18.8. The molecule has 1 aromatic carbocycles. The molecule has 0 unspecified atom stereocenters. The number of rotatable bonds is 4. The van der Waals surface area contributed by atoms with Crippen LogP contribution in [0.25, 0.3) is 0 Å². The van der Waals surface area contributed by atoms with Crippen molar-refractivity contribution in [3.63, 3.8) is 0 Å². The van der Waals surface area contributed by atoms with Gasteiger partial charge in [0.05, 0.1) is 25.0 Å². The van der Waals surface area contributed by atoms with Crippen molar-refractivity contribution >= 4 is 27.6 Å². The number of para-hydroxylation sites is 2. The van der Waals surface area contributed by atoms with E-state index < -0.39 is 16.2 Å². The van der Waals surface area contributed by atoms with E-state index in [-0.39, 0.29) is 11.8 Å². The van der Waals surface area contributed by atoms with Crippen LogP contribution in [0.1, 0.15) is 29.2 Å². The van der Waals surface area contributed by atoms with E-state index in [0.717, 1.165) is 37.3 Å². The largest absolute Gasteiger partial charge is 0.463 e. The highest BCUT2D eigenvalue weighted by Crippen LogP contribution is 2.42. The SMILES string of the molecule is COC(=O)c1ccc(CN2CCC(N3c4ccccc4N(C)S3(=O)=O)CC2)o1. The standard InChI is InChI=1S/C19H23N3O5S/c1-20-16-5-3-4-6-17(16)22(28(20,24)25)14-9-11-21(12-10-14)13-15-7-8-18(27-15)19(23)26-2/h3-8,14H,9-13H2,1-2H3. The molecule has 0 spiro atoms. The lowest BCUT2D eigenvalue weighted by Crippen LogP contribution is -2.48. The van der Waals surface area contributed by atoms with E-state index in [9.17, 15) is 13.2 Å². The summed E-state index contributed by atoms with van der Waals surface area (Å²) in [5.41, 5.74) is 1.47. The predicted molar refractivity (Wildman–Crippen MR) is 105 cm³/mol. The number of hydrogen-bond acceptors (Lipinski definition) is 6. The number of carbonyl (C=O) groups is 1. The number of benzene rings is 1. The fourth-order valence-electron chi connectivity index (χ4n) is 3.89. The van der Waals surface area contributed by atoms with Crippen molar-refractivity contribution in [1.82, 2.24) is 4.90 Å². The van der Waals surface area contributed by atoms with Gasteiger partial charge in [0, 0.05) is 26.2 Å². The van der Waals surface area contributed by atoms with Gasteiger partial charge >= 0.3 is 16.2 Å². The van der Waals surface area contributed by atoms with Gasteiger partial charge in [0.25, 0.3) is 0 Å². The average molecular weight is 405 g/mol. The van der Waals surface area contributed by atoms with Gasteiger partial charge < -0.3 is 9.15 Å². The Morgan fingerprint density at radius 2 is 1.82 bits per heavy atom. The molecule has 0 amide bonds. The zero-order valence-electron chi connectivity index (χ0n) is 15.9. The lowest BCUT2D eigenvalue weighted by Gasteiger charge is -2.36. The predicted octanol–water partition coefficient (Wildman–Crippen LogP) is 2.23. The van der Waals surface area contributed by atoms with Crippen LogP contribution in [-0.2, 0) is 21.5 Å². The normalized spacial score (nSPS) is 19.6. The first-order chi connectivity index (χ1) is 13.4. The number of fused-ring (bicyclic) bond motifs is 1. The Hall–Kier alpha value is -2.52. The maximum Gasteiger partial charge on any atom is 0.373 e. The number of hydrogen-bond donors (Lipinski definition) is 0. The van der Waals surface area contributed by atoms with E-state index in [4.69, 9.17) is 4.42 Å². The van der Waals surface area contributed by atoms with Crippen LogP contribution in [0.5, 0.6) is 0 Å². The molecule has 1 saturated heterocycles. The minimum atomic E-state index is -3.53. The zero-order valence-corrected chi connectivity index (χ0v) is 16.7. The molecule has 150 valence electrons. The Morgan fingerprint density at radius 1 is 1.14 bits per heavy atom. The van der Waals surface area contributed by atoms with E-state index in [1.54, 1.807) is 23.5 Å². The van der Waals surface area contributed by atoms with Gasteiger partial charge in [-0.1, -0.05) is 12.1 Å². The summed E-state index contributed by atoms with van der Waals surface area (Å²) in [5, 5.41) is 0. The third kappa shape index (κ3) is 3.14. The summed E-state index contributed by atoms with van der Waals surface area (Å²) >= 11 is 0. The van der Waals surface area contributed by atoms with Gasteiger partial charge in [-0.25, -0.2) is 9.10 Å². The molecule has 0 bridgehead atoms. The van der Waals surface area contributed by atoms with Crippen LogP contribution in [0.3, 0.4) is 0 Å². The first-order valence-electron chi connectivity index (χ1n) is 9.18. The minimum Gasteiger partial charge on any atom is -0.463 e. The molecule has 2 aliphatic rings. The van der Waals surface area contributed by atoms with Gasteiger partial charge in [-0.3, -0.25) is 9.21 Å². The fraction of sp³-hybridized carbons (Fsp3) is 0.421. The average Bonchev–Trinajstić information content (AvgIpc) is 3.24. The topological polar surface area (TPSA) is 83.3 Å². The third-order valence-electron chi connectivity index (χ3n) is 5.37. The molecule has 0 N–H and O–H groups in total. The molecule has 0 radical (unpaired) electrons. The molecule has 0 saturated carbocycles. The van der Waals surface area contributed by atoms with E-state index >= 15 is 0 Å². The van der Waals surface area contributed by atoms with Crippen LogP contribution < -0.4 is 8.61 Å². The van der Waals surface area contributed by atoms with Crippen molar-refractivity contribution in [3.05, 3.63) is 47.9 Å². The second-order valence-corrected chi connectivity index (χ2v) is 8.86. The lowest BCUT2D eigenvalue weighted by molar-refractivity contribution is 0.0560. The summed E-state index contributed by atoms with van der Waals surface area (Å²) in [7, 11) is -0.619. The second kappa shape index (κ2) is 7.14. The first-order valence-corrected chi connectivity index (χ1v) is 10.6. The summed E-state index contributed by atoms with van der Waals surface area (Å²) in [5.74, 6) is 0.389. The van der Waals surface area contributed by atoms with Crippen LogP contribution in [0.15, 0.2) is 40.8 Å². The summed E-state index contributed by atoms with van der Waals surface area (Å²) in [4.78, 5) is 13.7. The summed E-state index contributed by atoms with van der Waals surface area (Å²) in [6.45, 7) is 2.07. The Balaban J connectivity index is 1.43. The molecule has 8 nitrogen and oxygen atoms in total. The smallest absolute Gasteiger partial charge is 0.373 e. The number of anilines is 2. The van der Waals surface area contributed by atoms with Crippen molar-refractivity contribution in [2.45, 2.75) is 25.4 Å². The number of nitrogens with zero attached hydrogens (tertiary/aromatic N) is 3. The number of piperidine rings is 1. The van der Waals surface area contributed by atoms with Gasteiger partial charge in [-0.2, -0.15) is 8.42 Å². The van der Waals surface area contributed by atoms with E-state index in [2.05, 4.69) is 9.64 Å². The third-order valence-corrected chi connectivity index (χ3v) is 7.25. The van der Waals surface area contributed by atoms with Crippen LogP contribution in [-0.4, -0.2) is 52.6 Å². The second-order valence-electron chi connectivity index (χ2n) is 7.02. The van der Waals surface area contributed by atoms with Crippen molar-refractivity contribution < 1.29 is 22.4 Å². The number of likely N-dealkylation sites (tertiary alicyclic amines) is 1. The zero-order chi connectivity index (χ0) is 19.9. The highest BCUT2D eigenvalue weighted by molar-refractivity contribution is 7.94. The molecule has 1 fully saturated rings. The molecule has 2 aromatic rings. The molecule has 28 heavy (non-hydrogen) atoms. The van der Waals surface area contributed by atoms with Crippen molar-refractivity contribution in [2.24, 2.45) is 0 Å². The summed E-state index contributed by atoms with van der Waals surface area (Å²) in [6, 6.07) is 10.7. The fourth-order valence-corrected chi connectivity index (χ4v) is 5.55. The monoisotopic (exact) mass is 405 g/mol. The van der Waals surface area contributed by atoms with Crippen LogP contribution >= 0.6 is 0 Å². The molecule has 9 heteroatoms. The molecule has 4 rings (SSSR count). The van der Waals surface area contributed by atoms with Gasteiger partial charge in [-0.05, 0) is 37.1 Å². The maximum atomic E-state index is 12.9. The van der Waals surface area contributed by atoms with Crippen LogP contribution in [0.2, 0.25) is 0 Å². The van der Waals surface area contributed by atoms with E-state index in [0.29, 0.717) is 12.3 Å².